The van der Waals surface area contributed by atoms with E-state index in [0.717, 1.165) is 12.8 Å². The molecule has 4 nitrogen and oxygen atoms in total. The van der Waals surface area contributed by atoms with E-state index in [0.29, 0.717) is 30.3 Å². The van der Waals surface area contributed by atoms with Crippen LogP contribution in [0, 0.1) is 11.3 Å². The molecular weight excluding hydrogens is 228 g/mol. The fourth-order valence-electron chi connectivity index (χ4n) is 1.98. The summed E-state index contributed by atoms with van der Waals surface area (Å²) in [5.74, 6) is 0.551. The lowest BCUT2D eigenvalue weighted by molar-refractivity contribution is 0.0743. The van der Waals surface area contributed by atoms with Crippen LogP contribution in [0.2, 0.25) is 0 Å². The molecule has 1 aliphatic carbocycles. The summed E-state index contributed by atoms with van der Waals surface area (Å²) in [6.45, 7) is 0.498. The Balaban J connectivity index is 2.19. The Labute approximate surface area is 107 Å². The van der Waals surface area contributed by atoms with Gasteiger partial charge in [-0.05, 0) is 25.0 Å². The maximum absolute atomic E-state index is 12.4. The Morgan fingerprint density at radius 3 is 2.83 bits per heavy atom. The van der Waals surface area contributed by atoms with Crippen molar-refractivity contribution in [2.75, 3.05) is 13.7 Å². The second-order valence-electron chi connectivity index (χ2n) is 4.34. The Hall–Kier alpha value is -2.02. The number of amides is 1. The van der Waals surface area contributed by atoms with Crippen molar-refractivity contribution in [2.45, 2.75) is 25.3 Å². The van der Waals surface area contributed by atoms with Gasteiger partial charge in [0.1, 0.15) is 5.75 Å². The highest BCUT2D eigenvalue weighted by atomic mass is 16.5. The third kappa shape index (κ3) is 2.62. The van der Waals surface area contributed by atoms with Gasteiger partial charge in [-0.2, -0.15) is 5.26 Å². The SMILES string of the molecule is COc1ccccc1C(=O)N(CCC#N)C1CC1. The molecule has 94 valence electrons. The van der Waals surface area contributed by atoms with Gasteiger partial charge in [0, 0.05) is 12.6 Å². The van der Waals surface area contributed by atoms with Crippen molar-refractivity contribution in [1.82, 2.24) is 4.90 Å². The molecule has 0 radical (unpaired) electrons. The second kappa shape index (κ2) is 5.54. The van der Waals surface area contributed by atoms with Crippen molar-refractivity contribution < 1.29 is 9.53 Å². The number of carbonyl (C=O) groups is 1. The fraction of sp³-hybridized carbons (Fsp3) is 0.429. The number of methoxy groups -OCH3 is 1. The lowest BCUT2D eigenvalue weighted by Crippen LogP contribution is -2.34. The van der Waals surface area contributed by atoms with Crippen LogP contribution in [0.4, 0.5) is 0 Å². The van der Waals surface area contributed by atoms with Crippen LogP contribution in [0.3, 0.4) is 0 Å². The lowest BCUT2D eigenvalue weighted by atomic mass is 10.1. The number of ether oxygens (including phenoxy) is 1. The zero-order chi connectivity index (χ0) is 13.0. The maximum Gasteiger partial charge on any atom is 0.257 e. The summed E-state index contributed by atoms with van der Waals surface area (Å²) in [7, 11) is 1.56. The minimum Gasteiger partial charge on any atom is -0.496 e. The van der Waals surface area contributed by atoms with E-state index in [1.165, 1.54) is 0 Å². The molecule has 0 saturated heterocycles. The molecule has 18 heavy (non-hydrogen) atoms. The molecule has 0 N–H and O–H groups in total. The number of nitriles is 1. The van der Waals surface area contributed by atoms with Crippen molar-refractivity contribution >= 4 is 5.91 Å². The summed E-state index contributed by atoms with van der Waals surface area (Å²) in [4.78, 5) is 14.2. The molecule has 1 aromatic carbocycles. The zero-order valence-electron chi connectivity index (χ0n) is 10.4. The van der Waals surface area contributed by atoms with Gasteiger partial charge in [0.05, 0.1) is 25.2 Å². The van der Waals surface area contributed by atoms with Gasteiger partial charge in [-0.3, -0.25) is 4.79 Å². The normalized spacial score (nSPS) is 13.8. The van der Waals surface area contributed by atoms with Crippen molar-refractivity contribution in [2.24, 2.45) is 0 Å². The van der Waals surface area contributed by atoms with Crippen molar-refractivity contribution in [3.8, 4) is 11.8 Å². The van der Waals surface area contributed by atoms with Crippen molar-refractivity contribution in [1.29, 1.82) is 5.26 Å². The van der Waals surface area contributed by atoms with Crippen molar-refractivity contribution in [3.63, 3.8) is 0 Å². The van der Waals surface area contributed by atoms with Gasteiger partial charge in [-0.25, -0.2) is 0 Å². The van der Waals surface area contributed by atoms with Crippen LogP contribution in [0.15, 0.2) is 24.3 Å². The molecule has 0 heterocycles. The minimum atomic E-state index is -0.0369. The monoisotopic (exact) mass is 244 g/mol. The van der Waals surface area contributed by atoms with Crippen LogP contribution in [0.25, 0.3) is 0 Å². The number of para-hydroxylation sites is 1. The van der Waals surface area contributed by atoms with Gasteiger partial charge in [0.25, 0.3) is 5.91 Å². The van der Waals surface area contributed by atoms with E-state index in [2.05, 4.69) is 6.07 Å². The van der Waals surface area contributed by atoms with Gasteiger partial charge in [-0.1, -0.05) is 12.1 Å². The topological polar surface area (TPSA) is 53.3 Å². The van der Waals surface area contributed by atoms with Gasteiger partial charge >= 0.3 is 0 Å². The highest BCUT2D eigenvalue weighted by Gasteiger charge is 2.33. The molecule has 0 bridgehead atoms. The number of hydrogen-bond donors (Lipinski definition) is 0. The second-order valence-corrected chi connectivity index (χ2v) is 4.34. The standard InChI is InChI=1S/C14H16N2O2/c1-18-13-6-3-2-5-12(13)14(17)16(10-4-9-15)11-7-8-11/h2-3,5-6,11H,4,7-8,10H2,1H3. The quantitative estimate of drug-likeness (QED) is 0.798. The Morgan fingerprint density at radius 2 is 2.22 bits per heavy atom. The van der Waals surface area contributed by atoms with Crippen LogP contribution >= 0.6 is 0 Å². The third-order valence-corrected chi connectivity index (χ3v) is 3.05. The molecule has 0 spiro atoms. The van der Waals surface area contributed by atoms with E-state index in [-0.39, 0.29) is 5.91 Å². The molecule has 0 aromatic heterocycles. The Morgan fingerprint density at radius 1 is 1.50 bits per heavy atom. The molecule has 0 unspecified atom stereocenters. The first-order valence-corrected chi connectivity index (χ1v) is 6.09. The number of benzene rings is 1. The van der Waals surface area contributed by atoms with E-state index in [1.54, 1.807) is 24.1 Å². The van der Waals surface area contributed by atoms with Gasteiger partial charge < -0.3 is 9.64 Å². The Bertz CT molecular complexity index is 475. The predicted octanol–water partition coefficient (Wildman–Crippen LogP) is 2.21. The van der Waals surface area contributed by atoms with Crippen LogP contribution in [-0.2, 0) is 0 Å². The predicted molar refractivity (Wildman–Crippen MR) is 67.3 cm³/mol. The van der Waals surface area contributed by atoms with Crippen LogP contribution in [0.1, 0.15) is 29.6 Å². The molecule has 2 rings (SSSR count). The highest BCUT2D eigenvalue weighted by molar-refractivity contribution is 5.97. The first-order chi connectivity index (χ1) is 8.77. The number of hydrogen-bond acceptors (Lipinski definition) is 3. The first-order valence-electron chi connectivity index (χ1n) is 6.09. The van der Waals surface area contributed by atoms with E-state index in [9.17, 15) is 4.79 Å². The zero-order valence-corrected chi connectivity index (χ0v) is 10.4. The smallest absolute Gasteiger partial charge is 0.257 e. The lowest BCUT2D eigenvalue weighted by Gasteiger charge is -2.22. The summed E-state index contributed by atoms with van der Waals surface area (Å²) in [6, 6.07) is 9.60. The molecule has 0 aliphatic heterocycles. The third-order valence-electron chi connectivity index (χ3n) is 3.05. The van der Waals surface area contributed by atoms with Gasteiger partial charge in [0.2, 0.25) is 0 Å². The molecular formula is C14H16N2O2. The average molecular weight is 244 g/mol. The largest absolute Gasteiger partial charge is 0.496 e. The van der Waals surface area contributed by atoms with Crippen molar-refractivity contribution in [3.05, 3.63) is 29.8 Å². The van der Waals surface area contributed by atoms with Crippen LogP contribution < -0.4 is 4.74 Å². The average Bonchev–Trinajstić information content (AvgIpc) is 3.23. The summed E-state index contributed by atoms with van der Waals surface area (Å²) < 4.78 is 5.21. The molecule has 0 atom stereocenters. The Kier molecular flexibility index (Phi) is 3.83. The van der Waals surface area contributed by atoms with E-state index < -0.39 is 0 Å². The molecule has 1 aromatic rings. The molecule has 1 saturated carbocycles. The number of carbonyl (C=O) groups excluding carboxylic acids is 1. The van der Waals surface area contributed by atoms with Gasteiger partial charge in [0.15, 0.2) is 0 Å². The molecule has 1 aliphatic rings. The summed E-state index contributed by atoms with van der Waals surface area (Å²) in [6.07, 6.45) is 2.44. The highest BCUT2D eigenvalue weighted by Crippen LogP contribution is 2.30. The van der Waals surface area contributed by atoms with Gasteiger partial charge in [-0.15, -0.1) is 0 Å². The van der Waals surface area contributed by atoms with E-state index in [4.69, 9.17) is 10.00 Å². The fourth-order valence-corrected chi connectivity index (χ4v) is 1.98. The number of nitrogens with zero attached hydrogens (tertiary/aromatic N) is 2. The maximum atomic E-state index is 12.4. The molecule has 1 fully saturated rings. The van der Waals surface area contributed by atoms with Crippen LogP contribution in [-0.4, -0.2) is 30.5 Å². The number of rotatable bonds is 5. The summed E-state index contributed by atoms with van der Waals surface area (Å²) in [5.41, 5.74) is 0.574. The molecule has 1 amide bonds. The first kappa shape index (κ1) is 12.4. The van der Waals surface area contributed by atoms with E-state index in [1.807, 2.05) is 12.1 Å². The minimum absolute atomic E-state index is 0.0369. The summed E-state index contributed by atoms with van der Waals surface area (Å²) in [5, 5.41) is 8.66. The van der Waals surface area contributed by atoms with E-state index >= 15 is 0 Å². The molecule has 4 heteroatoms. The van der Waals surface area contributed by atoms with Crippen LogP contribution in [0.5, 0.6) is 5.75 Å². The summed E-state index contributed by atoms with van der Waals surface area (Å²) >= 11 is 0.